The minimum Gasteiger partial charge on any atom is -0.369 e. The summed E-state index contributed by atoms with van der Waals surface area (Å²) < 4.78 is 0. The Bertz CT molecular complexity index is 775. The second-order valence-electron chi connectivity index (χ2n) is 12.3. The molecule has 2 saturated carbocycles. The molecule has 1 aromatic carbocycles. The van der Waals surface area contributed by atoms with E-state index in [9.17, 15) is 4.79 Å². The molecule has 4 nitrogen and oxygen atoms in total. The predicted octanol–water partition coefficient (Wildman–Crippen LogP) is 4.85. The molecule has 0 aromatic heterocycles. The molecule has 2 aliphatic carbocycles. The number of carbonyl (C=O) groups is 1. The van der Waals surface area contributed by atoms with Crippen molar-refractivity contribution in [2.75, 3.05) is 51.7 Å². The van der Waals surface area contributed by atoms with Gasteiger partial charge in [-0.25, -0.2) is 0 Å². The molecule has 1 aromatic rings. The van der Waals surface area contributed by atoms with Gasteiger partial charge in [0.15, 0.2) is 0 Å². The SMILES string of the molecule is CN(C)C(=O)C1CC1CN1CCN(c2ccccc2C2CC(C)(C)CC(C)(C)C2)CC1. The molecule has 1 heterocycles. The summed E-state index contributed by atoms with van der Waals surface area (Å²) in [4.78, 5) is 19.1. The van der Waals surface area contributed by atoms with Crippen LogP contribution in [0, 0.1) is 22.7 Å². The number of hydrogen-bond acceptors (Lipinski definition) is 3. The Morgan fingerprint density at radius 3 is 2.23 bits per heavy atom. The first-order chi connectivity index (χ1) is 14.5. The van der Waals surface area contributed by atoms with Crippen LogP contribution in [0.5, 0.6) is 0 Å². The normalized spacial score (nSPS) is 28.4. The van der Waals surface area contributed by atoms with Gasteiger partial charge < -0.3 is 9.80 Å². The lowest BCUT2D eigenvalue weighted by Gasteiger charge is -2.46. The first kappa shape index (κ1) is 22.6. The third kappa shape index (κ3) is 5.27. The highest BCUT2D eigenvalue weighted by Gasteiger charge is 2.44. The van der Waals surface area contributed by atoms with Crippen molar-refractivity contribution in [1.82, 2.24) is 9.80 Å². The zero-order valence-electron chi connectivity index (χ0n) is 20.7. The third-order valence-corrected chi connectivity index (χ3v) is 7.82. The topological polar surface area (TPSA) is 26.8 Å². The van der Waals surface area contributed by atoms with Crippen LogP contribution in [-0.4, -0.2) is 62.5 Å². The maximum absolute atomic E-state index is 12.2. The van der Waals surface area contributed by atoms with Gasteiger partial charge in [0.1, 0.15) is 0 Å². The van der Waals surface area contributed by atoms with Crippen molar-refractivity contribution >= 4 is 11.6 Å². The molecule has 172 valence electrons. The molecule has 2 unspecified atom stereocenters. The van der Waals surface area contributed by atoms with Crippen LogP contribution in [0.15, 0.2) is 24.3 Å². The summed E-state index contributed by atoms with van der Waals surface area (Å²) in [5, 5.41) is 0. The quantitative estimate of drug-likeness (QED) is 0.674. The second-order valence-corrected chi connectivity index (χ2v) is 12.3. The van der Waals surface area contributed by atoms with Gasteiger partial charge in [-0.1, -0.05) is 45.9 Å². The van der Waals surface area contributed by atoms with Crippen LogP contribution in [-0.2, 0) is 4.79 Å². The number of anilines is 1. The van der Waals surface area contributed by atoms with Crippen molar-refractivity contribution in [1.29, 1.82) is 0 Å². The minimum absolute atomic E-state index is 0.270. The summed E-state index contributed by atoms with van der Waals surface area (Å²) in [5.41, 5.74) is 3.84. The summed E-state index contributed by atoms with van der Waals surface area (Å²) in [6.07, 6.45) is 4.97. The highest BCUT2D eigenvalue weighted by atomic mass is 16.2. The lowest BCUT2D eigenvalue weighted by atomic mass is 9.60. The van der Waals surface area contributed by atoms with Crippen LogP contribution >= 0.6 is 0 Å². The van der Waals surface area contributed by atoms with E-state index < -0.39 is 0 Å². The van der Waals surface area contributed by atoms with Gasteiger partial charge in [-0.3, -0.25) is 9.69 Å². The van der Waals surface area contributed by atoms with Crippen LogP contribution in [0.25, 0.3) is 0 Å². The van der Waals surface area contributed by atoms with Gasteiger partial charge in [-0.05, 0) is 60.0 Å². The molecule has 1 amide bonds. The molecule has 3 fully saturated rings. The average Bonchev–Trinajstić information content (AvgIpc) is 3.44. The Hall–Kier alpha value is -1.55. The number of rotatable bonds is 5. The van der Waals surface area contributed by atoms with Crippen LogP contribution in [0.3, 0.4) is 0 Å². The monoisotopic (exact) mass is 425 g/mol. The lowest BCUT2D eigenvalue weighted by molar-refractivity contribution is -0.130. The Morgan fingerprint density at radius 1 is 1.00 bits per heavy atom. The molecule has 4 rings (SSSR count). The molecule has 4 heteroatoms. The van der Waals surface area contributed by atoms with E-state index in [0.29, 0.717) is 28.6 Å². The number of para-hydroxylation sites is 1. The van der Waals surface area contributed by atoms with E-state index in [1.807, 2.05) is 14.1 Å². The molecule has 31 heavy (non-hydrogen) atoms. The van der Waals surface area contributed by atoms with Crippen LogP contribution in [0.1, 0.15) is 64.9 Å². The van der Waals surface area contributed by atoms with Crippen LogP contribution < -0.4 is 4.90 Å². The van der Waals surface area contributed by atoms with Gasteiger partial charge in [0, 0.05) is 58.4 Å². The highest BCUT2D eigenvalue weighted by molar-refractivity contribution is 5.81. The molecule has 3 aliphatic rings. The molecule has 0 bridgehead atoms. The fourth-order valence-corrected chi connectivity index (χ4v) is 6.77. The third-order valence-electron chi connectivity index (χ3n) is 7.82. The summed E-state index contributed by atoms with van der Waals surface area (Å²) in [7, 11) is 3.75. The maximum Gasteiger partial charge on any atom is 0.225 e. The van der Waals surface area contributed by atoms with Crippen molar-refractivity contribution in [3.8, 4) is 0 Å². The summed E-state index contributed by atoms with van der Waals surface area (Å²) in [5.74, 6) is 1.81. The number of piperazine rings is 1. The molecule has 0 spiro atoms. The Labute approximate surface area is 190 Å². The zero-order valence-corrected chi connectivity index (χ0v) is 20.7. The molecular formula is C27H43N3O. The second kappa shape index (κ2) is 8.42. The largest absolute Gasteiger partial charge is 0.369 e. The Kier molecular flexibility index (Phi) is 6.15. The van der Waals surface area contributed by atoms with E-state index >= 15 is 0 Å². The molecule has 0 radical (unpaired) electrons. The van der Waals surface area contributed by atoms with Crippen molar-refractivity contribution in [2.45, 2.75) is 59.3 Å². The summed E-state index contributed by atoms with van der Waals surface area (Å²) in [6, 6.07) is 9.20. The van der Waals surface area contributed by atoms with Crippen LogP contribution in [0.4, 0.5) is 5.69 Å². The highest BCUT2D eigenvalue weighted by Crippen LogP contribution is 2.53. The smallest absolute Gasteiger partial charge is 0.225 e. The van der Waals surface area contributed by atoms with Crippen molar-refractivity contribution in [3.63, 3.8) is 0 Å². The van der Waals surface area contributed by atoms with E-state index in [-0.39, 0.29) is 5.92 Å². The maximum atomic E-state index is 12.2. The molecule has 0 N–H and O–H groups in total. The first-order valence-corrected chi connectivity index (χ1v) is 12.3. The van der Waals surface area contributed by atoms with E-state index in [0.717, 1.165) is 39.1 Å². The number of carbonyl (C=O) groups excluding carboxylic acids is 1. The van der Waals surface area contributed by atoms with Gasteiger partial charge in [0.05, 0.1) is 0 Å². The van der Waals surface area contributed by atoms with Gasteiger partial charge in [-0.2, -0.15) is 0 Å². The van der Waals surface area contributed by atoms with Crippen molar-refractivity contribution in [3.05, 3.63) is 29.8 Å². The van der Waals surface area contributed by atoms with E-state index in [1.54, 1.807) is 10.5 Å². The van der Waals surface area contributed by atoms with Gasteiger partial charge in [0.25, 0.3) is 0 Å². The molecule has 2 atom stereocenters. The lowest BCUT2D eigenvalue weighted by Crippen LogP contribution is -2.47. The number of hydrogen-bond donors (Lipinski definition) is 0. The average molecular weight is 426 g/mol. The van der Waals surface area contributed by atoms with Crippen LogP contribution in [0.2, 0.25) is 0 Å². The summed E-state index contributed by atoms with van der Waals surface area (Å²) in [6.45, 7) is 15.3. The number of nitrogens with zero attached hydrogens (tertiary/aromatic N) is 3. The van der Waals surface area contributed by atoms with Gasteiger partial charge >= 0.3 is 0 Å². The summed E-state index contributed by atoms with van der Waals surface area (Å²) >= 11 is 0. The van der Waals surface area contributed by atoms with Gasteiger partial charge in [-0.15, -0.1) is 0 Å². The predicted molar refractivity (Wildman–Crippen MR) is 130 cm³/mol. The first-order valence-electron chi connectivity index (χ1n) is 12.3. The Balaban J connectivity index is 1.38. The fourth-order valence-electron chi connectivity index (χ4n) is 6.77. The van der Waals surface area contributed by atoms with E-state index in [1.165, 1.54) is 24.9 Å². The van der Waals surface area contributed by atoms with Crippen molar-refractivity contribution in [2.24, 2.45) is 22.7 Å². The van der Waals surface area contributed by atoms with E-state index in [2.05, 4.69) is 61.8 Å². The molecular weight excluding hydrogens is 382 g/mol. The standard InChI is InChI=1S/C27H43N3O/c1-26(2)16-21(17-27(3,4)19-26)22-9-7-8-10-24(22)30-13-11-29(12-14-30)18-20-15-23(20)25(31)28(5)6/h7-10,20-21,23H,11-19H2,1-6H3. The fraction of sp³-hybridized carbons (Fsp3) is 0.741. The minimum atomic E-state index is 0.270. The number of amides is 1. The molecule has 1 saturated heterocycles. The Morgan fingerprint density at radius 2 is 1.61 bits per heavy atom. The van der Waals surface area contributed by atoms with Gasteiger partial charge in [0.2, 0.25) is 5.91 Å². The van der Waals surface area contributed by atoms with E-state index in [4.69, 9.17) is 0 Å². The van der Waals surface area contributed by atoms with Crippen molar-refractivity contribution < 1.29 is 4.79 Å². The zero-order chi connectivity index (χ0) is 22.4. The molecule has 1 aliphatic heterocycles. The number of benzene rings is 1.